The molecule has 27 heavy (non-hydrogen) atoms. The Morgan fingerprint density at radius 3 is 2.70 bits per heavy atom. The molecule has 2 saturated heterocycles. The maximum Gasteiger partial charge on any atom is 0.240 e. The lowest BCUT2D eigenvalue weighted by atomic mass is 10.0. The van der Waals surface area contributed by atoms with Crippen LogP contribution in [0.1, 0.15) is 37.7 Å². The molecule has 0 radical (unpaired) electrons. The second-order valence-corrected chi connectivity index (χ2v) is 7.80. The average molecular weight is 368 g/mol. The fraction of sp³-hybridized carbons (Fsp3) is 0.609. The van der Waals surface area contributed by atoms with Gasteiger partial charge in [0.05, 0.1) is 12.6 Å². The van der Waals surface area contributed by atoms with Gasteiger partial charge in [-0.05, 0) is 57.3 Å². The standard InChI is InChI=1S/C23H33N3O/c1-2-14-25-17-7-6-13-22(25)23(27)26-18-9-16-24(19-20-26)15-8-12-21-10-4-3-5-11-21/h1,3-5,10-11,22H,6-9,12-20H2. The minimum absolute atomic E-state index is 0.000527. The Labute approximate surface area is 164 Å². The second kappa shape index (κ2) is 10.5. The van der Waals surface area contributed by atoms with Crippen molar-refractivity contribution in [2.75, 3.05) is 45.8 Å². The third-order valence-corrected chi connectivity index (χ3v) is 5.88. The Morgan fingerprint density at radius 1 is 1.04 bits per heavy atom. The number of rotatable bonds is 6. The number of carbonyl (C=O) groups is 1. The van der Waals surface area contributed by atoms with Crippen molar-refractivity contribution in [1.29, 1.82) is 0 Å². The van der Waals surface area contributed by atoms with Crippen LogP contribution in [0, 0.1) is 12.3 Å². The number of hydrogen-bond acceptors (Lipinski definition) is 3. The molecule has 2 fully saturated rings. The summed E-state index contributed by atoms with van der Waals surface area (Å²) in [5.74, 6) is 3.03. The van der Waals surface area contributed by atoms with Crippen LogP contribution in [0.2, 0.25) is 0 Å². The van der Waals surface area contributed by atoms with Crippen molar-refractivity contribution in [2.45, 2.75) is 44.6 Å². The molecule has 0 bridgehead atoms. The van der Waals surface area contributed by atoms with Crippen molar-refractivity contribution < 1.29 is 4.79 Å². The highest BCUT2D eigenvalue weighted by molar-refractivity contribution is 5.82. The molecular weight excluding hydrogens is 334 g/mol. The van der Waals surface area contributed by atoms with Crippen LogP contribution in [-0.4, -0.2) is 72.5 Å². The molecule has 2 aliphatic rings. The van der Waals surface area contributed by atoms with Crippen molar-refractivity contribution in [1.82, 2.24) is 14.7 Å². The van der Waals surface area contributed by atoms with Crippen LogP contribution < -0.4 is 0 Å². The van der Waals surface area contributed by atoms with Crippen molar-refractivity contribution in [3.05, 3.63) is 35.9 Å². The van der Waals surface area contributed by atoms with Crippen LogP contribution in [0.25, 0.3) is 0 Å². The molecular formula is C23H33N3O. The van der Waals surface area contributed by atoms with Crippen molar-refractivity contribution >= 4 is 5.91 Å². The highest BCUT2D eigenvalue weighted by atomic mass is 16.2. The molecule has 1 aromatic carbocycles. The van der Waals surface area contributed by atoms with Crippen LogP contribution in [0.15, 0.2) is 30.3 Å². The average Bonchev–Trinajstić information content (AvgIpc) is 2.95. The van der Waals surface area contributed by atoms with Crippen molar-refractivity contribution in [3.63, 3.8) is 0 Å². The number of piperidine rings is 1. The summed E-state index contributed by atoms with van der Waals surface area (Å²) >= 11 is 0. The zero-order valence-electron chi connectivity index (χ0n) is 16.5. The molecule has 4 nitrogen and oxygen atoms in total. The summed E-state index contributed by atoms with van der Waals surface area (Å²) in [6, 6.07) is 10.7. The van der Waals surface area contributed by atoms with Gasteiger partial charge in [0, 0.05) is 19.6 Å². The lowest BCUT2D eigenvalue weighted by Gasteiger charge is -2.36. The molecule has 3 rings (SSSR count). The molecule has 1 aromatic rings. The molecule has 1 amide bonds. The van der Waals surface area contributed by atoms with Gasteiger partial charge in [0.15, 0.2) is 0 Å². The largest absolute Gasteiger partial charge is 0.340 e. The minimum Gasteiger partial charge on any atom is -0.340 e. The summed E-state index contributed by atoms with van der Waals surface area (Å²) in [6.45, 7) is 6.48. The molecule has 2 heterocycles. The van der Waals surface area contributed by atoms with Gasteiger partial charge in [-0.3, -0.25) is 9.69 Å². The molecule has 0 saturated carbocycles. The van der Waals surface area contributed by atoms with Gasteiger partial charge < -0.3 is 9.80 Å². The molecule has 0 spiro atoms. The third kappa shape index (κ3) is 5.82. The van der Waals surface area contributed by atoms with Gasteiger partial charge in [-0.15, -0.1) is 6.42 Å². The van der Waals surface area contributed by atoms with Gasteiger partial charge in [-0.25, -0.2) is 0 Å². The van der Waals surface area contributed by atoms with Gasteiger partial charge in [0.25, 0.3) is 0 Å². The lowest BCUT2D eigenvalue weighted by Crippen LogP contribution is -2.51. The van der Waals surface area contributed by atoms with Crippen LogP contribution in [0.3, 0.4) is 0 Å². The molecule has 2 aliphatic heterocycles. The van der Waals surface area contributed by atoms with E-state index in [2.05, 4.69) is 51.0 Å². The van der Waals surface area contributed by atoms with Crippen LogP contribution in [-0.2, 0) is 11.2 Å². The first-order valence-corrected chi connectivity index (χ1v) is 10.5. The van der Waals surface area contributed by atoms with E-state index in [0.29, 0.717) is 12.5 Å². The number of aryl methyl sites for hydroxylation is 1. The van der Waals surface area contributed by atoms with Crippen LogP contribution in [0.4, 0.5) is 0 Å². The Kier molecular flexibility index (Phi) is 7.74. The van der Waals surface area contributed by atoms with Crippen LogP contribution >= 0.6 is 0 Å². The Morgan fingerprint density at radius 2 is 1.89 bits per heavy atom. The van der Waals surface area contributed by atoms with Gasteiger partial charge in [-0.2, -0.15) is 0 Å². The van der Waals surface area contributed by atoms with E-state index in [4.69, 9.17) is 6.42 Å². The Balaban J connectivity index is 1.46. The number of hydrogen-bond donors (Lipinski definition) is 0. The van der Waals surface area contributed by atoms with Gasteiger partial charge in [0.1, 0.15) is 0 Å². The highest BCUT2D eigenvalue weighted by Crippen LogP contribution is 2.19. The lowest BCUT2D eigenvalue weighted by molar-refractivity contribution is -0.137. The summed E-state index contributed by atoms with van der Waals surface area (Å²) in [6.07, 6.45) is 12.1. The van der Waals surface area contributed by atoms with Gasteiger partial charge >= 0.3 is 0 Å². The Bertz CT molecular complexity index is 624. The molecule has 0 aromatic heterocycles. The first-order chi connectivity index (χ1) is 13.3. The van der Waals surface area contributed by atoms with E-state index in [1.165, 1.54) is 12.0 Å². The SMILES string of the molecule is C#CCN1CCCCC1C(=O)N1CCCN(CCCc2ccccc2)CC1. The molecule has 146 valence electrons. The summed E-state index contributed by atoms with van der Waals surface area (Å²) < 4.78 is 0. The maximum absolute atomic E-state index is 13.1. The molecule has 0 N–H and O–H groups in total. The number of benzene rings is 1. The smallest absolute Gasteiger partial charge is 0.240 e. The monoisotopic (exact) mass is 367 g/mol. The minimum atomic E-state index is -0.000527. The number of carbonyl (C=O) groups excluding carboxylic acids is 1. The number of nitrogens with zero attached hydrogens (tertiary/aromatic N) is 3. The fourth-order valence-corrected chi connectivity index (χ4v) is 4.35. The topological polar surface area (TPSA) is 26.8 Å². The van der Waals surface area contributed by atoms with Gasteiger partial charge in [-0.1, -0.05) is 42.7 Å². The molecule has 0 aliphatic carbocycles. The highest BCUT2D eigenvalue weighted by Gasteiger charge is 2.32. The molecule has 1 atom stereocenters. The van der Waals surface area contributed by atoms with Crippen molar-refractivity contribution in [2.24, 2.45) is 0 Å². The summed E-state index contributed by atoms with van der Waals surface area (Å²) in [5.41, 5.74) is 1.41. The zero-order chi connectivity index (χ0) is 18.9. The predicted molar refractivity (Wildman–Crippen MR) is 110 cm³/mol. The maximum atomic E-state index is 13.1. The van der Waals surface area contributed by atoms with Crippen LogP contribution in [0.5, 0.6) is 0 Å². The molecule has 4 heteroatoms. The second-order valence-electron chi connectivity index (χ2n) is 7.80. The van der Waals surface area contributed by atoms with Gasteiger partial charge in [0.2, 0.25) is 5.91 Å². The predicted octanol–water partition coefficient (Wildman–Crippen LogP) is 2.64. The molecule has 1 unspecified atom stereocenters. The Hall–Kier alpha value is -1.83. The van der Waals surface area contributed by atoms with Crippen molar-refractivity contribution in [3.8, 4) is 12.3 Å². The van der Waals surface area contributed by atoms with E-state index in [1.807, 2.05) is 0 Å². The zero-order valence-corrected chi connectivity index (χ0v) is 16.5. The summed E-state index contributed by atoms with van der Waals surface area (Å²) in [5, 5.41) is 0. The van der Waals surface area contributed by atoms with E-state index < -0.39 is 0 Å². The van der Waals surface area contributed by atoms with E-state index in [-0.39, 0.29) is 6.04 Å². The fourth-order valence-electron chi connectivity index (χ4n) is 4.35. The first-order valence-electron chi connectivity index (χ1n) is 10.5. The van der Waals surface area contributed by atoms with E-state index in [9.17, 15) is 4.79 Å². The third-order valence-electron chi connectivity index (χ3n) is 5.88. The normalized spacial score (nSPS) is 22.2. The van der Waals surface area contributed by atoms with E-state index in [1.54, 1.807) is 0 Å². The quantitative estimate of drug-likeness (QED) is 0.723. The summed E-state index contributed by atoms with van der Waals surface area (Å²) in [4.78, 5) is 19.9. The number of terminal acetylenes is 1. The number of amides is 1. The van der Waals surface area contributed by atoms with E-state index in [0.717, 1.165) is 71.4 Å². The summed E-state index contributed by atoms with van der Waals surface area (Å²) in [7, 11) is 0. The first kappa shape index (κ1) is 19.9. The number of likely N-dealkylation sites (tertiary alicyclic amines) is 1. The van der Waals surface area contributed by atoms with E-state index >= 15 is 0 Å².